The van der Waals surface area contributed by atoms with Gasteiger partial charge in [-0.05, 0) is 12.0 Å². The quantitative estimate of drug-likeness (QED) is 0.700. The first-order chi connectivity index (χ1) is 6.18. The summed E-state index contributed by atoms with van der Waals surface area (Å²) >= 11 is 5.90. The molecule has 2 aromatic heterocycles. The zero-order chi connectivity index (χ0) is 9.42. The molecule has 0 spiro atoms. The Balaban J connectivity index is 2.68. The number of hydrogen-bond donors (Lipinski definition) is 0. The third kappa shape index (κ3) is 1.40. The maximum absolute atomic E-state index is 5.90. The maximum Gasteiger partial charge on any atom is 0.154 e. The highest BCUT2D eigenvalue weighted by Gasteiger charge is 2.07. The van der Waals surface area contributed by atoms with Gasteiger partial charge in [0.1, 0.15) is 5.52 Å². The first-order valence-corrected chi connectivity index (χ1v) is 4.56. The molecular formula is C9H10ClN3. The van der Waals surface area contributed by atoms with E-state index in [-0.39, 0.29) is 0 Å². The molecule has 0 radical (unpaired) electrons. The molecule has 2 heterocycles. The van der Waals surface area contributed by atoms with Crippen molar-refractivity contribution >= 4 is 17.1 Å². The van der Waals surface area contributed by atoms with Crippen LogP contribution in [-0.2, 0) is 0 Å². The van der Waals surface area contributed by atoms with E-state index in [9.17, 15) is 0 Å². The lowest BCUT2D eigenvalue weighted by molar-refractivity contribution is 0.787. The Labute approximate surface area is 81.4 Å². The van der Waals surface area contributed by atoms with Crippen molar-refractivity contribution in [2.75, 3.05) is 0 Å². The fourth-order valence-electron chi connectivity index (χ4n) is 1.19. The summed E-state index contributed by atoms with van der Waals surface area (Å²) in [6.07, 6.45) is 3.44. The predicted molar refractivity (Wildman–Crippen MR) is 52.1 cm³/mol. The third-order valence-electron chi connectivity index (χ3n) is 1.95. The van der Waals surface area contributed by atoms with Gasteiger partial charge in [0.15, 0.2) is 5.15 Å². The highest BCUT2D eigenvalue weighted by molar-refractivity contribution is 6.32. The van der Waals surface area contributed by atoms with Crippen LogP contribution in [0.3, 0.4) is 0 Å². The number of aromatic nitrogens is 3. The van der Waals surface area contributed by atoms with Gasteiger partial charge in [-0.2, -0.15) is 5.10 Å². The van der Waals surface area contributed by atoms with Gasteiger partial charge in [-0.3, -0.25) is 0 Å². The summed E-state index contributed by atoms with van der Waals surface area (Å²) in [7, 11) is 0. The second-order valence-electron chi connectivity index (χ2n) is 3.27. The third-order valence-corrected chi connectivity index (χ3v) is 2.24. The summed E-state index contributed by atoms with van der Waals surface area (Å²) in [6.45, 7) is 4.20. The number of nitrogens with zero attached hydrogens (tertiary/aromatic N) is 3. The lowest BCUT2D eigenvalue weighted by Crippen LogP contribution is -1.90. The highest BCUT2D eigenvalue weighted by atomic mass is 35.5. The van der Waals surface area contributed by atoms with Gasteiger partial charge in [-0.15, -0.1) is 0 Å². The molecule has 0 aliphatic heterocycles. The van der Waals surface area contributed by atoms with Crippen LogP contribution in [0.2, 0.25) is 5.15 Å². The number of fused-ring (bicyclic) bond motifs is 1. The fraction of sp³-hybridized carbons (Fsp3) is 0.333. The van der Waals surface area contributed by atoms with Crippen molar-refractivity contribution in [2.24, 2.45) is 0 Å². The first-order valence-electron chi connectivity index (χ1n) is 4.18. The second kappa shape index (κ2) is 3.00. The van der Waals surface area contributed by atoms with Crippen LogP contribution in [0.1, 0.15) is 25.5 Å². The highest BCUT2D eigenvalue weighted by Crippen LogP contribution is 2.19. The van der Waals surface area contributed by atoms with Crippen molar-refractivity contribution in [3.05, 3.63) is 29.3 Å². The smallest absolute Gasteiger partial charge is 0.154 e. The summed E-state index contributed by atoms with van der Waals surface area (Å²) in [5.74, 6) is 0.413. The molecule has 0 fully saturated rings. The van der Waals surface area contributed by atoms with Crippen molar-refractivity contribution in [1.29, 1.82) is 0 Å². The predicted octanol–water partition coefficient (Wildman–Crippen LogP) is 2.51. The Hall–Kier alpha value is -1.09. The monoisotopic (exact) mass is 195 g/mol. The molecule has 13 heavy (non-hydrogen) atoms. The van der Waals surface area contributed by atoms with Crippen molar-refractivity contribution in [3.8, 4) is 0 Å². The standard InChI is InChI=1S/C9H10ClN3/c1-6(2)7-5-8-9(10)11-3-4-13(8)12-7/h3-6H,1-2H3. The molecule has 0 atom stereocenters. The molecule has 0 amide bonds. The molecule has 4 heteroatoms. The van der Waals surface area contributed by atoms with E-state index < -0.39 is 0 Å². The van der Waals surface area contributed by atoms with Crippen LogP contribution < -0.4 is 0 Å². The number of halogens is 1. The van der Waals surface area contributed by atoms with Crippen molar-refractivity contribution < 1.29 is 0 Å². The second-order valence-corrected chi connectivity index (χ2v) is 3.63. The molecular weight excluding hydrogens is 186 g/mol. The van der Waals surface area contributed by atoms with Crippen molar-refractivity contribution in [2.45, 2.75) is 19.8 Å². The molecule has 0 aliphatic carbocycles. The minimum absolute atomic E-state index is 0.413. The summed E-state index contributed by atoms with van der Waals surface area (Å²) in [6, 6.07) is 1.97. The Morgan fingerprint density at radius 1 is 1.46 bits per heavy atom. The summed E-state index contributed by atoms with van der Waals surface area (Å²) in [5.41, 5.74) is 1.91. The fourth-order valence-corrected chi connectivity index (χ4v) is 1.39. The van der Waals surface area contributed by atoms with E-state index in [0.29, 0.717) is 11.1 Å². The summed E-state index contributed by atoms with van der Waals surface area (Å²) in [4.78, 5) is 3.98. The van der Waals surface area contributed by atoms with Crippen molar-refractivity contribution in [3.63, 3.8) is 0 Å². The molecule has 3 nitrogen and oxygen atoms in total. The van der Waals surface area contributed by atoms with Crippen LogP contribution in [0, 0.1) is 0 Å². The molecule has 0 saturated heterocycles. The molecule has 0 N–H and O–H groups in total. The first kappa shape index (κ1) is 8.51. The van der Waals surface area contributed by atoms with E-state index in [0.717, 1.165) is 11.2 Å². The average molecular weight is 196 g/mol. The van der Waals surface area contributed by atoms with Crippen LogP contribution in [0.5, 0.6) is 0 Å². The van der Waals surface area contributed by atoms with Gasteiger partial charge in [0.05, 0.1) is 5.69 Å². The normalized spacial score (nSPS) is 11.4. The van der Waals surface area contributed by atoms with Crippen LogP contribution >= 0.6 is 11.6 Å². The van der Waals surface area contributed by atoms with E-state index >= 15 is 0 Å². The Morgan fingerprint density at radius 2 is 2.23 bits per heavy atom. The van der Waals surface area contributed by atoms with Crippen molar-refractivity contribution in [1.82, 2.24) is 14.6 Å². The molecule has 68 valence electrons. The van der Waals surface area contributed by atoms with Gasteiger partial charge < -0.3 is 0 Å². The van der Waals surface area contributed by atoms with Gasteiger partial charge >= 0.3 is 0 Å². The lowest BCUT2D eigenvalue weighted by atomic mass is 10.1. The van der Waals surface area contributed by atoms with Gasteiger partial charge in [0.2, 0.25) is 0 Å². The van der Waals surface area contributed by atoms with Crippen LogP contribution in [0.15, 0.2) is 18.5 Å². The molecule has 2 aromatic rings. The average Bonchev–Trinajstić information content (AvgIpc) is 2.49. The molecule has 0 unspecified atom stereocenters. The topological polar surface area (TPSA) is 30.2 Å². The maximum atomic E-state index is 5.90. The SMILES string of the molecule is CC(C)c1cc2c(Cl)nccn2n1. The minimum atomic E-state index is 0.413. The molecule has 0 aliphatic rings. The van der Waals surface area contributed by atoms with E-state index in [2.05, 4.69) is 23.9 Å². The van der Waals surface area contributed by atoms with Gasteiger partial charge in [-0.1, -0.05) is 25.4 Å². The lowest BCUT2D eigenvalue weighted by Gasteiger charge is -1.94. The zero-order valence-electron chi connectivity index (χ0n) is 7.53. The van der Waals surface area contributed by atoms with E-state index in [1.807, 2.05) is 6.07 Å². The molecule has 0 saturated carbocycles. The largest absolute Gasteiger partial charge is 0.241 e. The minimum Gasteiger partial charge on any atom is -0.241 e. The van der Waals surface area contributed by atoms with Crippen LogP contribution in [-0.4, -0.2) is 14.6 Å². The molecule has 0 bridgehead atoms. The Bertz CT molecular complexity index is 433. The van der Waals surface area contributed by atoms with E-state index in [4.69, 9.17) is 11.6 Å². The van der Waals surface area contributed by atoms with Gasteiger partial charge in [0.25, 0.3) is 0 Å². The van der Waals surface area contributed by atoms with Gasteiger partial charge in [0, 0.05) is 12.4 Å². The zero-order valence-corrected chi connectivity index (χ0v) is 8.28. The van der Waals surface area contributed by atoms with Gasteiger partial charge in [-0.25, -0.2) is 9.50 Å². The van der Waals surface area contributed by atoms with Crippen LogP contribution in [0.25, 0.3) is 5.52 Å². The summed E-state index contributed by atoms with van der Waals surface area (Å²) < 4.78 is 1.75. The van der Waals surface area contributed by atoms with E-state index in [1.165, 1.54) is 0 Å². The van der Waals surface area contributed by atoms with Crippen LogP contribution in [0.4, 0.5) is 0 Å². The van der Waals surface area contributed by atoms with E-state index in [1.54, 1.807) is 16.9 Å². The molecule has 2 rings (SSSR count). The Kier molecular flexibility index (Phi) is 1.96. The summed E-state index contributed by atoms with van der Waals surface area (Å²) in [5, 5.41) is 4.87. The number of rotatable bonds is 1. The number of hydrogen-bond acceptors (Lipinski definition) is 2. The molecule has 0 aromatic carbocycles. The Morgan fingerprint density at radius 3 is 2.85 bits per heavy atom.